The van der Waals surface area contributed by atoms with E-state index in [-0.39, 0.29) is 35.9 Å². The van der Waals surface area contributed by atoms with Crippen LogP contribution in [0.1, 0.15) is 30.0 Å². The van der Waals surface area contributed by atoms with Gasteiger partial charge in [-0.3, -0.25) is 10.1 Å². The minimum absolute atomic E-state index is 0.0108. The maximum Gasteiger partial charge on any atom is 0.270 e. The minimum Gasteiger partial charge on any atom is -0.508 e. The van der Waals surface area contributed by atoms with Gasteiger partial charge >= 0.3 is 0 Å². The third kappa shape index (κ3) is 4.12. The Morgan fingerprint density at radius 1 is 1.32 bits per heavy atom. The average molecular weight is 346 g/mol. The number of hydrogen-bond donors (Lipinski definition) is 2. The number of phenols is 1. The van der Waals surface area contributed by atoms with Gasteiger partial charge in [-0.2, -0.15) is 0 Å². The fraction of sp³-hybridized carbons (Fsp3) is 0.333. The zero-order valence-electron chi connectivity index (χ0n) is 13.5. The fourth-order valence-corrected chi connectivity index (χ4v) is 3.05. The summed E-state index contributed by atoms with van der Waals surface area (Å²) in [6.45, 7) is 0.904. The minimum atomic E-state index is -0.500. The summed E-state index contributed by atoms with van der Waals surface area (Å²) >= 11 is 0. The molecule has 6 nitrogen and oxygen atoms in total. The predicted octanol–water partition coefficient (Wildman–Crippen LogP) is 3.45. The topological polar surface area (TPSA) is 84.6 Å². The molecule has 1 aliphatic rings. The van der Waals surface area contributed by atoms with Crippen LogP contribution in [0.25, 0.3) is 0 Å². The van der Waals surface area contributed by atoms with E-state index >= 15 is 0 Å². The Hall–Kier alpha value is -2.51. The predicted molar refractivity (Wildman–Crippen MR) is 89.7 cm³/mol. The standard InChI is InChI=1S/C18H19FN2O4/c19-14-5-3-12(4-6-14)18(17-2-1-9-25-17)20-11-13-10-15(21(23)24)7-8-16(13)22/h3-8,10,17-18,20,22H,1-2,9,11H2/t17-,18+/m0/s1. The van der Waals surface area contributed by atoms with Gasteiger partial charge in [0.1, 0.15) is 11.6 Å². The second kappa shape index (κ2) is 7.58. The van der Waals surface area contributed by atoms with Crippen molar-refractivity contribution in [2.24, 2.45) is 0 Å². The quantitative estimate of drug-likeness (QED) is 0.618. The molecule has 1 fully saturated rings. The summed E-state index contributed by atoms with van der Waals surface area (Å²) in [6, 6.07) is 9.91. The number of nitro benzene ring substituents is 1. The van der Waals surface area contributed by atoms with Crippen LogP contribution < -0.4 is 5.32 Å². The van der Waals surface area contributed by atoms with Gasteiger partial charge in [0.2, 0.25) is 0 Å². The first-order chi connectivity index (χ1) is 12.0. The second-order valence-corrected chi connectivity index (χ2v) is 6.03. The molecule has 3 rings (SSSR count). The second-order valence-electron chi connectivity index (χ2n) is 6.03. The van der Waals surface area contributed by atoms with Crippen molar-refractivity contribution in [3.63, 3.8) is 0 Å². The third-order valence-corrected chi connectivity index (χ3v) is 4.35. The summed E-state index contributed by atoms with van der Waals surface area (Å²) in [5.41, 5.74) is 1.22. The van der Waals surface area contributed by atoms with Crippen LogP contribution in [0.5, 0.6) is 5.75 Å². The van der Waals surface area contributed by atoms with Crippen molar-refractivity contribution >= 4 is 5.69 Å². The summed E-state index contributed by atoms with van der Waals surface area (Å²) in [7, 11) is 0. The lowest BCUT2D eigenvalue weighted by molar-refractivity contribution is -0.384. The highest BCUT2D eigenvalue weighted by Crippen LogP contribution is 2.29. The average Bonchev–Trinajstić information content (AvgIpc) is 3.12. The van der Waals surface area contributed by atoms with Crippen molar-refractivity contribution in [2.75, 3.05) is 6.61 Å². The van der Waals surface area contributed by atoms with Crippen molar-refractivity contribution < 1.29 is 19.2 Å². The van der Waals surface area contributed by atoms with E-state index in [1.54, 1.807) is 12.1 Å². The zero-order chi connectivity index (χ0) is 17.8. The normalized spacial score (nSPS) is 18.2. The summed E-state index contributed by atoms with van der Waals surface area (Å²) in [5.74, 6) is -0.325. The number of phenolic OH excluding ortho intramolecular Hbond substituents is 1. The Balaban J connectivity index is 1.80. The number of benzene rings is 2. The zero-order valence-corrected chi connectivity index (χ0v) is 13.5. The Bertz CT molecular complexity index is 745. The van der Waals surface area contributed by atoms with Gasteiger partial charge < -0.3 is 15.2 Å². The van der Waals surface area contributed by atoms with E-state index in [9.17, 15) is 19.6 Å². The molecule has 1 saturated heterocycles. The van der Waals surface area contributed by atoms with Gasteiger partial charge in [0, 0.05) is 30.8 Å². The molecule has 0 radical (unpaired) electrons. The monoisotopic (exact) mass is 346 g/mol. The Morgan fingerprint density at radius 2 is 2.08 bits per heavy atom. The van der Waals surface area contributed by atoms with E-state index < -0.39 is 4.92 Å². The van der Waals surface area contributed by atoms with Crippen molar-refractivity contribution in [1.82, 2.24) is 5.32 Å². The molecule has 2 N–H and O–H groups in total. The molecule has 2 aromatic carbocycles. The molecule has 0 spiro atoms. The maximum absolute atomic E-state index is 13.2. The molecule has 0 bridgehead atoms. The first-order valence-corrected chi connectivity index (χ1v) is 8.11. The van der Waals surface area contributed by atoms with Gasteiger partial charge in [0.05, 0.1) is 17.1 Å². The molecule has 25 heavy (non-hydrogen) atoms. The summed E-state index contributed by atoms with van der Waals surface area (Å²) < 4.78 is 19.0. The number of nitrogens with zero attached hydrogens (tertiary/aromatic N) is 1. The number of aromatic hydroxyl groups is 1. The third-order valence-electron chi connectivity index (χ3n) is 4.35. The van der Waals surface area contributed by atoms with Crippen LogP contribution in [0.3, 0.4) is 0 Å². The van der Waals surface area contributed by atoms with Crippen LogP contribution in [0.2, 0.25) is 0 Å². The van der Waals surface area contributed by atoms with Crippen LogP contribution in [0.4, 0.5) is 10.1 Å². The molecule has 0 amide bonds. The largest absolute Gasteiger partial charge is 0.508 e. The summed E-state index contributed by atoms with van der Waals surface area (Å²) in [4.78, 5) is 10.4. The number of hydrogen-bond acceptors (Lipinski definition) is 5. The van der Waals surface area contributed by atoms with E-state index in [0.717, 1.165) is 18.4 Å². The number of ether oxygens (including phenoxy) is 1. The molecule has 0 aromatic heterocycles. The Labute approximate surface area is 144 Å². The van der Waals surface area contributed by atoms with Crippen LogP contribution in [0, 0.1) is 15.9 Å². The Kier molecular flexibility index (Phi) is 5.25. The first-order valence-electron chi connectivity index (χ1n) is 8.11. The van der Waals surface area contributed by atoms with Crippen molar-refractivity contribution in [3.8, 4) is 5.75 Å². The molecule has 132 valence electrons. The SMILES string of the molecule is O=[N+]([O-])c1ccc(O)c(CN[C@H](c2ccc(F)cc2)[C@@H]2CCCO2)c1. The fourth-order valence-electron chi connectivity index (χ4n) is 3.05. The maximum atomic E-state index is 13.2. The van der Waals surface area contributed by atoms with Gasteiger partial charge in [-0.1, -0.05) is 12.1 Å². The van der Waals surface area contributed by atoms with Crippen LogP contribution in [0.15, 0.2) is 42.5 Å². The van der Waals surface area contributed by atoms with Crippen LogP contribution >= 0.6 is 0 Å². The number of non-ortho nitro benzene ring substituents is 1. The summed E-state index contributed by atoms with van der Waals surface area (Å²) in [5, 5.41) is 24.2. The van der Waals surface area contributed by atoms with Gasteiger partial charge in [0.15, 0.2) is 0 Å². The first kappa shape index (κ1) is 17.3. The lowest BCUT2D eigenvalue weighted by Gasteiger charge is -2.25. The van der Waals surface area contributed by atoms with Crippen molar-refractivity contribution in [3.05, 3.63) is 69.5 Å². The van der Waals surface area contributed by atoms with E-state index in [1.165, 1.54) is 30.3 Å². The van der Waals surface area contributed by atoms with Gasteiger partial charge in [-0.15, -0.1) is 0 Å². The lowest BCUT2D eigenvalue weighted by atomic mass is 9.98. The number of rotatable bonds is 6. The molecule has 2 atom stereocenters. The molecule has 1 aliphatic heterocycles. The molecule has 1 heterocycles. The lowest BCUT2D eigenvalue weighted by Crippen LogP contribution is -2.31. The highest BCUT2D eigenvalue weighted by Gasteiger charge is 2.27. The molecule has 0 saturated carbocycles. The van der Waals surface area contributed by atoms with Crippen molar-refractivity contribution in [1.29, 1.82) is 0 Å². The smallest absolute Gasteiger partial charge is 0.270 e. The van der Waals surface area contributed by atoms with Crippen molar-refractivity contribution in [2.45, 2.75) is 31.5 Å². The van der Waals surface area contributed by atoms with Gasteiger partial charge in [-0.05, 0) is 36.6 Å². The molecule has 0 aliphatic carbocycles. The highest BCUT2D eigenvalue weighted by atomic mass is 19.1. The van der Waals surface area contributed by atoms with Gasteiger partial charge in [0.25, 0.3) is 5.69 Å². The molecule has 7 heteroatoms. The highest BCUT2D eigenvalue weighted by molar-refractivity contribution is 5.43. The summed E-state index contributed by atoms with van der Waals surface area (Å²) in [6.07, 6.45) is 1.76. The number of halogens is 1. The van der Waals surface area contributed by atoms with E-state index in [4.69, 9.17) is 4.74 Å². The number of nitrogens with one attached hydrogen (secondary N) is 1. The Morgan fingerprint density at radius 3 is 2.72 bits per heavy atom. The number of nitro groups is 1. The van der Waals surface area contributed by atoms with Gasteiger partial charge in [-0.25, -0.2) is 4.39 Å². The van der Waals surface area contributed by atoms with E-state index in [2.05, 4.69) is 5.32 Å². The molecular formula is C18H19FN2O4. The van der Waals surface area contributed by atoms with Crippen LogP contribution in [-0.4, -0.2) is 22.7 Å². The van der Waals surface area contributed by atoms with Crippen LogP contribution in [-0.2, 0) is 11.3 Å². The van der Waals surface area contributed by atoms with E-state index in [1.807, 2.05) is 0 Å². The molecule has 0 unspecified atom stereocenters. The molecule has 2 aromatic rings. The molecular weight excluding hydrogens is 327 g/mol. The van der Waals surface area contributed by atoms with E-state index in [0.29, 0.717) is 12.2 Å².